The molecule has 0 radical (unpaired) electrons. The van der Waals surface area contributed by atoms with Crippen LogP contribution in [-0.4, -0.2) is 26.7 Å². The van der Waals surface area contributed by atoms with Gasteiger partial charge in [0, 0.05) is 4.47 Å². The Labute approximate surface area is 138 Å². The fourth-order valence-electron chi connectivity index (χ4n) is 1.77. The molecule has 0 aliphatic carbocycles. The largest absolute Gasteiger partial charge is 0.444 e. The molecular weight excluding hydrogens is 348 g/mol. The molecule has 22 heavy (non-hydrogen) atoms. The van der Waals surface area contributed by atoms with Crippen molar-refractivity contribution in [3.05, 3.63) is 46.2 Å². The van der Waals surface area contributed by atoms with Crippen LogP contribution in [0.3, 0.4) is 0 Å². The summed E-state index contributed by atoms with van der Waals surface area (Å²) in [6.45, 7) is 6.35. The molecule has 1 heterocycles. The lowest BCUT2D eigenvalue weighted by molar-refractivity contribution is 0.0523. The number of carbonyl (C=O) groups is 1. The molecule has 118 valence electrons. The van der Waals surface area contributed by atoms with Gasteiger partial charge in [0.2, 0.25) is 0 Å². The second kappa shape index (κ2) is 6.91. The number of carbonyl (C=O) groups excluding carboxylic acids is 1. The minimum Gasteiger partial charge on any atom is -0.444 e. The average Bonchev–Trinajstić information content (AvgIpc) is 2.85. The molecule has 0 aliphatic heterocycles. The highest BCUT2D eigenvalue weighted by Gasteiger charge is 2.16. The first-order valence-electron chi connectivity index (χ1n) is 6.93. The fraction of sp³-hybridized carbons (Fsp3) is 0.400. The van der Waals surface area contributed by atoms with Crippen LogP contribution in [-0.2, 0) is 17.8 Å². The Morgan fingerprint density at radius 3 is 2.77 bits per heavy atom. The van der Waals surface area contributed by atoms with Gasteiger partial charge in [-0.05, 0) is 32.4 Å². The van der Waals surface area contributed by atoms with E-state index in [1.165, 1.54) is 0 Å². The highest BCUT2D eigenvalue weighted by atomic mass is 79.9. The molecule has 2 aromatic rings. The number of nitrogens with zero attached hydrogens (tertiary/aromatic N) is 3. The molecule has 0 aliphatic rings. The predicted octanol–water partition coefficient (Wildman–Crippen LogP) is 3.11. The van der Waals surface area contributed by atoms with Crippen LogP contribution in [0.15, 0.2) is 34.9 Å². The highest BCUT2D eigenvalue weighted by Crippen LogP contribution is 2.16. The van der Waals surface area contributed by atoms with E-state index < -0.39 is 11.7 Å². The maximum Gasteiger partial charge on any atom is 0.407 e. The monoisotopic (exact) mass is 366 g/mol. The normalized spacial score (nSPS) is 11.3. The van der Waals surface area contributed by atoms with E-state index in [-0.39, 0.29) is 6.54 Å². The predicted molar refractivity (Wildman–Crippen MR) is 86.3 cm³/mol. The Morgan fingerprint density at radius 1 is 1.36 bits per heavy atom. The lowest BCUT2D eigenvalue weighted by Crippen LogP contribution is -2.32. The van der Waals surface area contributed by atoms with Gasteiger partial charge < -0.3 is 10.1 Å². The lowest BCUT2D eigenvalue weighted by atomic mass is 10.2. The van der Waals surface area contributed by atoms with Crippen LogP contribution >= 0.6 is 15.9 Å². The van der Waals surface area contributed by atoms with Gasteiger partial charge in [0.15, 0.2) is 0 Å². The van der Waals surface area contributed by atoms with Crippen LogP contribution in [0.25, 0.3) is 0 Å². The molecule has 1 aromatic heterocycles. The molecule has 1 amide bonds. The lowest BCUT2D eigenvalue weighted by Gasteiger charge is -2.19. The molecule has 7 heteroatoms. The molecule has 2 rings (SSSR count). The zero-order valence-electron chi connectivity index (χ0n) is 12.8. The van der Waals surface area contributed by atoms with E-state index in [1.807, 2.05) is 45.0 Å². The summed E-state index contributed by atoms with van der Waals surface area (Å²) in [7, 11) is 0. The minimum absolute atomic E-state index is 0.283. The van der Waals surface area contributed by atoms with Gasteiger partial charge in [-0.2, -0.15) is 0 Å². The topological polar surface area (TPSA) is 69.0 Å². The zero-order chi connectivity index (χ0) is 16.2. The van der Waals surface area contributed by atoms with E-state index >= 15 is 0 Å². The number of benzene rings is 1. The molecule has 1 aromatic carbocycles. The van der Waals surface area contributed by atoms with Gasteiger partial charge in [-0.15, -0.1) is 5.10 Å². The number of halogens is 1. The third-order valence-corrected chi connectivity index (χ3v) is 3.46. The van der Waals surface area contributed by atoms with Crippen LogP contribution < -0.4 is 5.32 Å². The minimum atomic E-state index is -0.513. The van der Waals surface area contributed by atoms with E-state index in [1.54, 1.807) is 10.9 Å². The molecule has 0 spiro atoms. The standard InChI is InChI=1S/C15H19BrN4O2/c1-15(2,3)22-14(21)17-8-12-10-20(19-18-12)9-11-6-4-5-7-13(11)16/h4-7,10H,8-9H2,1-3H3,(H,17,21). The number of rotatable bonds is 4. The van der Waals surface area contributed by atoms with Crippen molar-refractivity contribution >= 4 is 22.0 Å². The SMILES string of the molecule is CC(C)(C)OC(=O)NCc1cn(Cc2ccccc2Br)nn1. The quantitative estimate of drug-likeness (QED) is 0.902. The highest BCUT2D eigenvalue weighted by molar-refractivity contribution is 9.10. The van der Waals surface area contributed by atoms with Gasteiger partial charge >= 0.3 is 6.09 Å². The van der Waals surface area contributed by atoms with Gasteiger partial charge in [-0.25, -0.2) is 9.48 Å². The Morgan fingerprint density at radius 2 is 2.09 bits per heavy atom. The summed E-state index contributed by atoms with van der Waals surface area (Å²) in [5.74, 6) is 0. The van der Waals surface area contributed by atoms with E-state index in [2.05, 4.69) is 31.6 Å². The van der Waals surface area contributed by atoms with Gasteiger partial charge in [-0.1, -0.05) is 39.3 Å². The van der Waals surface area contributed by atoms with E-state index in [4.69, 9.17) is 4.74 Å². The summed E-state index contributed by atoms with van der Waals surface area (Å²) in [6, 6.07) is 7.94. The van der Waals surface area contributed by atoms with E-state index in [0.717, 1.165) is 10.0 Å². The van der Waals surface area contributed by atoms with Crippen molar-refractivity contribution in [2.75, 3.05) is 0 Å². The second-order valence-corrected chi connectivity index (χ2v) is 6.71. The maximum absolute atomic E-state index is 11.6. The first-order valence-corrected chi connectivity index (χ1v) is 7.72. The first kappa shape index (κ1) is 16.5. The number of nitrogens with one attached hydrogen (secondary N) is 1. The Kier molecular flexibility index (Phi) is 5.18. The number of alkyl carbamates (subject to hydrolysis) is 1. The van der Waals surface area contributed by atoms with E-state index in [0.29, 0.717) is 12.2 Å². The van der Waals surface area contributed by atoms with Gasteiger partial charge in [0.25, 0.3) is 0 Å². The fourth-order valence-corrected chi connectivity index (χ4v) is 2.19. The Bertz CT molecular complexity index is 649. The average molecular weight is 367 g/mol. The van der Waals surface area contributed by atoms with Crippen LogP contribution in [0.1, 0.15) is 32.0 Å². The summed E-state index contributed by atoms with van der Waals surface area (Å²) in [5.41, 5.74) is 1.28. The number of hydrogen-bond donors (Lipinski definition) is 1. The van der Waals surface area contributed by atoms with Crippen molar-refractivity contribution in [1.82, 2.24) is 20.3 Å². The first-order chi connectivity index (χ1) is 10.3. The maximum atomic E-state index is 11.6. The molecule has 0 fully saturated rings. The van der Waals surface area contributed by atoms with Crippen molar-refractivity contribution < 1.29 is 9.53 Å². The number of ether oxygens (including phenoxy) is 1. The van der Waals surface area contributed by atoms with Crippen molar-refractivity contribution in [2.45, 2.75) is 39.5 Å². The molecule has 0 saturated heterocycles. The van der Waals surface area contributed by atoms with Crippen molar-refractivity contribution in [3.63, 3.8) is 0 Å². The molecule has 1 N–H and O–H groups in total. The summed E-state index contributed by atoms with van der Waals surface area (Å²) < 4.78 is 7.92. The van der Waals surface area contributed by atoms with Crippen molar-refractivity contribution in [2.24, 2.45) is 0 Å². The zero-order valence-corrected chi connectivity index (χ0v) is 14.4. The summed E-state index contributed by atoms with van der Waals surface area (Å²) in [6.07, 6.45) is 1.34. The van der Waals surface area contributed by atoms with Gasteiger partial charge in [0.05, 0.1) is 19.3 Å². The molecular formula is C15H19BrN4O2. The summed E-state index contributed by atoms with van der Waals surface area (Å²) >= 11 is 3.50. The van der Waals surface area contributed by atoms with Crippen molar-refractivity contribution in [3.8, 4) is 0 Å². The van der Waals surface area contributed by atoms with Crippen LogP contribution in [0.2, 0.25) is 0 Å². The smallest absolute Gasteiger partial charge is 0.407 e. The summed E-state index contributed by atoms with van der Waals surface area (Å²) in [5, 5.41) is 10.8. The van der Waals surface area contributed by atoms with Crippen molar-refractivity contribution in [1.29, 1.82) is 0 Å². The molecule has 0 atom stereocenters. The second-order valence-electron chi connectivity index (χ2n) is 5.85. The molecule has 0 unspecified atom stereocenters. The number of amides is 1. The van der Waals surface area contributed by atoms with Crippen LogP contribution in [0.5, 0.6) is 0 Å². The third kappa shape index (κ3) is 5.14. The van der Waals surface area contributed by atoms with Crippen LogP contribution in [0, 0.1) is 0 Å². The van der Waals surface area contributed by atoms with E-state index in [9.17, 15) is 4.79 Å². The van der Waals surface area contributed by atoms with Gasteiger partial charge in [0.1, 0.15) is 11.3 Å². The third-order valence-electron chi connectivity index (χ3n) is 2.69. The number of hydrogen-bond acceptors (Lipinski definition) is 4. The van der Waals surface area contributed by atoms with Gasteiger partial charge in [-0.3, -0.25) is 0 Å². The number of aromatic nitrogens is 3. The summed E-state index contributed by atoms with van der Waals surface area (Å²) in [4.78, 5) is 11.6. The molecule has 6 nitrogen and oxygen atoms in total. The Hall–Kier alpha value is -1.89. The molecule has 0 saturated carbocycles. The van der Waals surface area contributed by atoms with Crippen LogP contribution in [0.4, 0.5) is 4.79 Å². The molecule has 0 bridgehead atoms. The Balaban J connectivity index is 1.89.